The Balaban J connectivity index is 2.39. The van der Waals surface area contributed by atoms with E-state index in [1.165, 1.54) is 0 Å². The normalized spacial score (nSPS) is 15.6. The Morgan fingerprint density at radius 2 is 2.67 bits per heavy atom. The van der Waals surface area contributed by atoms with Crippen LogP contribution in [-0.4, -0.2) is 13.2 Å². The van der Waals surface area contributed by atoms with E-state index in [1.807, 2.05) is 11.4 Å². The number of anilines is 1. The van der Waals surface area contributed by atoms with Crippen molar-refractivity contribution in [1.82, 2.24) is 0 Å². The van der Waals surface area contributed by atoms with Gasteiger partial charge in [-0.05, 0) is 11.4 Å². The number of fused-ring (bicyclic) bond motifs is 1. The number of thiophene rings is 1. The van der Waals surface area contributed by atoms with Crippen molar-refractivity contribution in [3.05, 3.63) is 11.4 Å². The van der Waals surface area contributed by atoms with Gasteiger partial charge in [0, 0.05) is 6.54 Å². The summed E-state index contributed by atoms with van der Waals surface area (Å²) in [4.78, 5) is 0. The van der Waals surface area contributed by atoms with Crippen molar-refractivity contribution in [2.75, 3.05) is 18.5 Å². The summed E-state index contributed by atoms with van der Waals surface area (Å²) >= 11 is 1.64. The number of rotatable bonds is 0. The lowest BCUT2D eigenvalue weighted by atomic mass is 10.4. The Hall–Kier alpha value is -0.700. The average molecular weight is 141 g/mol. The molecule has 2 heterocycles. The van der Waals surface area contributed by atoms with Gasteiger partial charge in [0.05, 0.1) is 5.69 Å². The van der Waals surface area contributed by atoms with Crippen LogP contribution in [0, 0.1) is 0 Å². The summed E-state index contributed by atoms with van der Waals surface area (Å²) in [6.07, 6.45) is 0. The monoisotopic (exact) mass is 141 g/mol. The maximum Gasteiger partial charge on any atom is 0.197 e. The van der Waals surface area contributed by atoms with Gasteiger partial charge in [0.25, 0.3) is 0 Å². The molecule has 0 amide bonds. The molecule has 1 aliphatic rings. The highest BCUT2D eigenvalue weighted by molar-refractivity contribution is 7.12. The van der Waals surface area contributed by atoms with E-state index in [0.29, 0.717) is 0 Å². The van der Waals surface area contributed by atoms with Crippen molar-refractivity contribution in [2.24, 2.45) is 0 Å². The van der Waals surface area contributed by atoms with E-state index in [-0.39, 0.29) is 0 Å². The highest BCUT2D eigenvalue weighted by Gasteiger charge is 2.08. The van der Waals surface area contributed by atoms with Crippen molar-refractivity contribution in [3.8, 4) is 5.06 Å². The smallest absolute Gasteiger partial charge is 0.197 e. The molecule has 0 fully saturated rings. The van der Waals surface area contributed by atoms with E-state index in [1.54, 1.807) is 11.3 Å². The average Bonchev–Trinajstić information content (AvgIpc) is 2.33. The van der Waals surface area contributed by atoms with Gasteiger partial charge in [-0.3, -0.25) is 0 Å². The molecule has 0 unspecified atom stereocenters. The van der Waals surface area contributed by atoms with Crippen LogP contribution in [0.3, 0.4) is 0 Å². The topological polar surface area (TPSA) is 21.3 Å². The second-order valence-corrected chi connectivity index (χ2v) is 2.78. The fourth-order valence-electron chi connectivity index (χ4n) is 0.868. The third-order valence-electron chi connectivity index (χ3n) is 1.28. The Bertz CT molecular complexity index is 188. The molecule has 9 heavy (non-hydrogen) atoms. The van der Waals surface area contributed by atoms with Crippen molar-refractivity contribution in [1.29, 1.82) is 0 Å². The molecule has 0 bridgehead atoms. The Labute approximate surface area is 57.5 Å². The van der Waals surface area contributed by atoms with E-state index in [9.17, 15) is 0 Å². The Morgan fingerprint density at radius 1 is 1.67 bits per heavy atom. The SMILES string of the molecule is c1cc2c(s1)OCCN2. The molecule has 2 rings (SSSR count). The molecule has 0 saturated carbocycles. The third-order valence-corrected chi connectivity index (χ3v) is 2.10. The molecule has 1 aromatic heterocycles. The third kappa shape index (κ3) is 0.772. The van der Waals surface area contributed by atoms with Gasteiger partial charge >= 0.3 is 0 Å². The summed E-state index contributed by atoms with van der Waals surface area (Å²) in [5.41, 5.74) is 1.14. The molecule has 0 saturated heterocycles. The first-order valence-corrected chi connectivity index (χ1v) is 3.79. The van der Waals surface area contributed by atoms with E-state index in [2.05, 4.69) is 5.32 Å². The summed E-state index contributed by atoms with van der Waals surface area (Å²) in [7, 11) is 0. The molecule has 0 radical (unpaired) electrons. The molecule has 1 aliphatic heterocycles. The van der Waals surface area contributed by atoms with Gasteiger partial charge < -0.3 is 10.1 Å². The van der Waals surface area contributed by atoms with Crippen LogP contribution in [0.4, 0.5) is 5.69 Å². The van der Waals surface area contributed by atoms with Crippen molar-refractivity contribution in [3.63, 3.8) is 0 Å². The highest BCUT2D eigenvalue weighted by atomic mass is 32.1. The molecule has 1 aromatic rings. The summed E-state index contributed by atoms with van der Waals surface area (Å²) in [6.45, 7) is 1.73. The minimum absolute atomic E-state index is 0.799. The van der Waals surface area contributed by atoms with Crippen LogP contribution >= 0.6 is 11.3 Å². The number of nitrogens with one attached hydrogen (secondary N) is 1. The molecule has 0 spiro atoms. The molecule has 2 nitrogen and oxygen atoms in total. The number of hydrogen-bond donors (Lipinski definition) is 1. The summed E-state index contributed by atoms with van der Waals surface area (Å²) in [5, 5.41) is 6.29. The molecule has 0 aliphatic carbocycles. The van der Waals surface area contributed by atoms with Gasteiger partial charge in [0.1, 0.15) is 6.61 Å². The highest BCUT2D eigenvalue weighted by Crippen LogP contribution is 2.32. The largest absolute Gasteiger partial charge is 0.481 e. The standard InChI is InChI=1S/C6H7NOS/c1-4-9-6-5(1)7-2-3-8-6/h1,4,7H,2-3H2. The lowest BCUT2D eigenvalue weighted by Crippen LogP contribution is -2.16. The number of hydrogen-bond acceptors (Lipinski definition) is 3. The molecular formula is C6H7NOS. The lowest BCUT2D eigenvalue weighted by Gasteiger charge is -2.13. The van der Waals surface area contributed by atoms with Crippen LogP contribution in [0.2, 0.25) is 0 Å². The Kier molecular flexibility index (Phi) is 1.09. The van der Waals surface area contributed by atoms with Crippen molar-refractivity contribution < 1.29 is 4.74 Å². The van der Waals surface area contributed by atoms with E-state index >= 15 is 0 Å². The first kappa shape index (κ1) is 5.11. The van der Waals surface area contributed by atoms with E-state index < -0.39 is 0 Å². The zero-order valence-corrected chi connectivity index (χ0v) is 5.70. The van der Waals surface area contributed by atoms with E-state index in [4.69, 9.17) is 4.74 Å². The molecule has 48 valence electrons. The van der Waals surface area contributed by atoms with Gasteiger partial charge in [0.2, 0.25) is 0 Å². The maximum atomic E-state index is 5.32. The Morgan fingerprint density at radius 3 is 3.56 bits per heavy atom. The predicted molar refractivity (Wildman–Crippen MR) is 38.3 cm³/mol. The zero-order valence-electron chi connectivity index (χ0n) is 4.89. The second-order valence-electron chi connectivity index (χ2n) is 1.90. The predicted octanol–water partition coefficient (Wildman–Crippen LogP) is 1.55. The van der Waals surface area contributed by atoms with Gasteiger partial charge in [-0.15, -0.1) is 11.3 Å². The van der Waals surface area contributed by atoms with Crippen molar-refractivity contribution >= 4 is 17.0 Å². The molecular weight excluding hydrogens is 134 g/mol. The van der Waals surface area contributed by atoms with Crippen LogP contribution < -0.4 is 10.1 Å². The fourth-order valence-corrected chi connectivity index (χ4v) is 1.61. The zero-order chi connectivity index (χ0) is 6.10. The van der Waals surface area contributed by atoms with Crippen molar-refractivity contribution in [2.45, 2.75) is 0 Å². The molecule has 3 heteroatoms. The van der Waals surface area contributed by atoms with Gasteiger partial charge in [0.15, 0.2) is 5.06 Å². The van der Waals surface area contributed by atoms with Gasteiger partial charge in [-0.1, -0.05) is 0 Å². The quantitative estimate of drug-likeness (QED) is 0.592. The molecule has 0 aromatic carbocycles. The number of ether oxygens (including phenoxy) is 1. The minimum atomic E-state index is 0.799. The van der Waals surface area contributed by atoms with Crippen LogP contribution in [0.1, 0.15) is 0 Å². The fraction of sp³-hybridized carbons (Fsp3) is 0.333. The summed E-state index contributed by atoms with van der Waals surface area (Å²) in [5.74, 6) is 0. The lowest BCUT2D eigenvalue weighted by molar-refractivity contribution is 0.333. The maximum absolute atomic E-state index is 5.32. The minimum Gasteiger partial charge on any atom is -0.481 e. The first-order valence-electron chi connectivity index (χ1n) is 2.91. The van der Waals surface area contributed by atoms with Gasteiger partial charge in [-0.2, -0.15) is 0 Å². The van der Waals surface area contributed by atoms with Crippen LogP contribution in [0.25, 0.3) is 0 Å². The second kappa shape index (κ2) is 1.92. The summed E-state index contributed by atoms with van der Waals surface area (Å²) < 4.78 is 5.32. The van der Waals surface area contributed by atoms with Crippen LogP contribution in [0.15, 0.2) is 11.4 Å². The molecule has 1 N–H and O–H groups in total. The van der Waals surface area contributed by atoms with Crippen LogP contribution in [-0.2, 0) is 0 Å². The molecule has 0 atom stereocenters. The van der Waals surface area contributed by atoms with Gasteiger partial charge in [-0.25, -0.2) is 0 Å². The summed E-state index contributed by atoms with van der Waals surface area (Å²) in [6, 6.07) is 2.04. The van der Waals surface area contributed by atoms with Crippen LogP contribution in [0.5, 0.6) is 5.06 Å². The van der Waals surface area contributed by atoms with E-state index in [0.717, 1.165) is 23.9 Å². The first-order chi connectivity index (χ1) is 4.47.